The second-order valence-electron chi connectivity index (χ2n) is 6.40. The Kier molecular flexibility index (Phi) is 6.20. The molecule has 0 aromatic rings. The fraction of sp³-hybridized carbons (Fsp3) is 0.875. The molecule has 1 fully saturated rings. The summed E-state index contributed by atoms with van der Waals surface area (Å²) in [4.78, 5) is 0. The van der Waals surface area contributed by atoms with E-state index >= 15 is 0 Å². The van der Waals surface area contributed by atoms with Crippen molar-refractivity contribution in [3.63, 3.8) is 0 Å². The van der Waals surface area contributed by atoms with Crippen LogP contribution in [0, 0.1) is 23.7 Å². The first-order valence-electron chi connectivity index (χ1n) is 7.36. The molecule has 1 nitrogen and oxygen atoms in total. The summed E-state index contributed by atoms with van der Waals surface area (Å²) in [5.74, 6) is 2.39. The predicted octanol–water partition coefficient (Wildman–Crippen LogP) is 4.63. The smallest absolute Gasteiger partial charge is 0.0742 e. The number of rotatable bonds is 6. The van der Waals surface area contributed by atoms with Crippen molar-refractivity contribution < 1.29 is 5.11 Å². The minimum absolute atomic E-state index is 0.186. The zero-order chi connectivity index (χ0) is 13.8. The van der Waals surface area contributed by atoms with Gasteiger partial charge in [0.25, 0.3) is 0 Å². The minimum Gasteiger partial charge on any atom is -0.389 e. The lowest BCUT2D eigenvalue weighted by molar-refractivity contribution is -0.111. The van der Waals surface area contributed by atoms with Gasteiger partial charge in [-0.05, 0) is 43.4 Å². The summed E-state index contributed by atoms with van der Waals surface area (Å²) < 4.78 is 0. The largest absolute Gasteiger partial charge is 0.389 e. The van der Waals surface area contributed by atoms with E-state index in [2.05, 4.69) is 27.4 Å². The van der Waals surface area contributed by atoms with Gasteiger partial charge in [-0.2, -0.15) is 0 Å². The van der Waals surface area contributed by atoms with E-state index in [-0.39, 0.29) is 5.92 Å². The molecule has 0 radical (unpaired) electrons. The Morgan fingerprint density at radius 1 is 1.44 bits per heavy atom. The average molecular weight is 273 g/mol. The van der Waals surface area contributed by atoms with Gasteiger partial charge in [-0.1, -0.05) is 33.3 Å². The molecule has 106 valence electrons. The van der Waals surface area contributed by atoms with Crippen molar-refractivity contribution >= 4 is 11.6 Å². The number of halogens is 1. The van der Waals surface area contributed by atoms with Crippen LogP contribution in [0.15, 0.2) is 12.7 Å². The zero-order valence-corrected chi connectivity index (χ0v) is 12.9. The molecule has 0 bridgehead atoms. The van der Waals surface area contributed by atoms with E-state index in [4.69, 9.17) is 11.6 Å². The number of hydrogen-bond acceptors (Lipinski definition) is 1. The fourth-order valence-electron chi connectivity index (χ4n) is 3.73. The van der Waals surface area contributed by atoms with Crippen LogP contribution in [0.4, 0.5) is 0 Å². The second-order valence-corrected chi connectivity index (χ2v) is 6.78. The van der Waals surface area contributed by atoms with Gasteiger partial charge in [0, 0.05) is 11.8 Å². The van der Waals surface area contributed by atoms with E-state index < -0.39 is 5.60 Å². The van der Waals surface area contributed by atoms with E-state index in [1.54, 1.807) is 0 Å². The maximum absolute atomic E-state index is 11.2. The van der Waals surface area contributed by atoms with Crippen LogP contribution in [0.25, 0.3) is 0 Å². The van der Waals surface area contributed by atoms with E-state index in [0.29, 0.717) is 23.6 Å². The van der Waals surface area contributed by atoms with Crippen molar-refractivity contribution in [2.75, 3.05) is 5.88 Å². The van der Waals surface area contributed by atoms with Gasteiger partial charge in [0.1, 0.15) is 0 Å². The van der Waals surface area contributed by atoms with E-state index in [0.717, 1.165) is 25.7 Å². The quantitative estimate of drug-likeness (QED) is 0.552. The van der Waals surface area contributed by atoms with Crippen LogP contribution in [-0.4, -0.2) is 16.6 Å². The molecule has 1 rings (SSSR count). The third kappa shape index (κ3) is 3.51. The molecular weight excluding hydrogens is 244 g/mol. The van der Waals surface area contributed by atoms with E-state index in [1.807, 2.05) is 6.08 Å². The van der Waals surface area contributed by atoms with E-state index in [1.165, 1.54) is 6.42 Å². The highest BCUT2D eigenvalue weighted by Gasteiger charge is 2.46. The number of hydrogen-bond donors (Lipinski definition) is 1. The summed E-state index contributed by atoms with van der Waals surface area (Å²) in [5.41, 5.74) is -0.570. The minimum atomic E-state index is -0.570. The summed E-state index contributed by atoms with van der Waals surface area (Å²) in [6, 6.07) is 0. The van der Waals surface area contributed by atoms with Crippen LogP contribution in [0.3, 0.4) is 0 Å². The Morgan fingerprint density at radius 2 is 2.11 bits per heavy atom. The van der Waals surface area contributed by atoms with Crippen LogP contribution < -0.4 is 0 Å². The van der Waals surface area contributed by atoms with Crippen LogP contribution >= 0.6 is 11.6 Å². The summed E-state index contributed by atoms with van der Waals surface area (Å²) in [6.45, 7) is 10.7. The molecule has 1 saturated carbocycles. The maximum Gasteiger partial charge on any atom is 0.0742 e. The molecule has 2 heteroatoms. The summed E-state index contributed by atoms with van der Waals surface area (Å²) in [7, 11) is 0. The monoisotopic (exact) mass is 272 g/mol. The van der Waals surface area contributed by atoms with Gasteiger partial charge in [-0.3, -0.25) is 0 Å². The molecule has 1 aliphatic rings. The number of aliphatic hydroxyl groups is 1. The first kappa shape index (κ1) is 16.0. The van der Waals surface area contributed by atoms with Crippen molar-refractivity contribution in [2.24, 2.45) is 23.7 Å². The maximum atomic E-state index is 11.2. The third-order valence-electron chi connectivity index (χ3n) is 4.67. The topological polar surface area (TPSA) is 20.2 Å². The van der Waals surface area contributed by atoms with Gasteiger partial charge in [0.05, 0.1) is 5.60 Å². The van der Waals surface area contributed by atoms with Crippen LogP contribution in [0.2, 0.25) is 0 Å². The Balaban J connectivity index is 2.89. The molecule has 18 heavy (non-hydrogen) atoms. The first-order chi connectivity index (χ1) is 8.45. The van der Waals surface area contributed by atoms with Crippen molar-refractivity contribution in [1.82, 2.24) is 0 Å². The summed E-state index contributed by atoms with van der Waals surface area (Å²) in [5, 5.41) is 11.2. The summed E-state index contributed by atoms with van der Waals surface area (Å²) >= 11 is 5.80. The third-order valence-corrected chi connectivity index (χ3v) is 4.94. The highest BCUT2D eigenvalue weighted by molar-refractivity contribution is 6.17. The molecule has 4 atom stereocenters. The Labute approximate surface area is 118 Å². The van der Waals surface area contributed by atoms with Gasteiger partial charge in [0.2, 0.25) is 0 Å². The molecule has 0 spiro atoms. The first-order valence-corrected chi connectivity index (χ1v) is 7.90. The molecule has 1 N–H and O–H groups in total. The van der Waals surface area contributed by atoms with Gasteiger partial charge in [0.15, 0.2) is 0 Å². The van der Waals surface area contributed by atoms with Gasteiger partial charge < -0.3 is 5.11 Å². The SMILES string of the molecule is C=C[C@H](CCCCl)[C@]1(O)C[C@H](C)CC[C@H]1C(C)C. The van der Waals surface area contributed by atoms with Crippen molar-refractivity contribution in [3.05, 3.63) is 12.7 Å². The molecule has 1 aliphatic carbocycles. The molecule has 0 saturated heterocycles. The molecule has 0 amide bonds. The van der Waals surface area contributed by atoms with Gasteiger partial charge in [-0.25, -0.2) is 0 Å². The lowest BCUT2D eigenvalue weighted by Gasteiger charge is -2.48. The van der Waals surface area contributed by atoms with Crippen LogP contribution in [-0.2, 0) is 0 Å². The Morgan fingerprint density at radius 3 is 2.61 bits per heavy atom. The van der Waals surface area contributed by atoms with Crippen molar-refractivity contribution in [2.45, 2.75) is 58.5 Å². The molecule has 0 unspecified atom stereocenters. The predicted molar refractivity (Wildman–Crippen MR) is 79.9 cm³/mol. The highest BCUT2D eigenvalue weighted by Crippen LogP contribution is 2.46. The second kappa shape index (κ2) is 6.96. The average Bonchev–Trinajstić information content (AvgIpc) is 2.29. The van der Waals surface area contributed by atoms with Crippen molar-refractivity contribution in [3.8, 4) is 0 Å². The standard InChI is InChI=1S/C16H29ClO/c1-5-14(7-6-10-17)16(18)11-13(4)8-9-15(16)12(2)3/h5,12-15,18H,1,6-11H2,2-4H3/t13-,14-,15+,16-/m1/s1. The Hall–Kier alpha value is -0.0100. The van der Waals surface area contributed by atoms with E-state index in [9.17, 15) is 5.11 Å². The zero-order valence-electron chi connectivity index (χ0n) is 12.2. The summed E-state index contributed by atoms with van der Waals surface area (Å²) in [6.07, 6.45) is 7.17. The van der Waals surface area contributed by atoms with Crippen LogP contribution in [0.1, 0.15) is 52.9 Å². The van der Waals surface area contributed by atoms with Gasteiger partial charge >= 0.3 is 0 Å². The fourth-order valence-corrected chi connectivity index (χ4v) is 3.89. The molecular formula is C16H29ClO. The number of alkyl halides is 1. The normalized spacial score (nSPS) is 34.6. The highest BCUT2D eigenvalue weighted by atomic mass is 35.5. The Bertz CT molecular complexity index is 264. The molecule has 0 aliphatic heterocycles. The van der Waals surface area contributed by atoms with Crippen LogP contribution in [0.5, 0.6) is 0 Å². The van der Waals surface area contributed by atoms with Crippen molar-refractivity contribution in [1.29, 1.82) is 0 Å². The molecule has 0 aromatic carbocycles. The lowest BCUT2D eigenvalue weighted by atomic mass is 9.61. The molecule has 0 aromatic heterocycles. The molecule has 0 heterocycles. The van der Waals surface area contributed by atoms with Gasteiger partial charge in [-0.15, -0.1) is 18.2 Å². The lowest BCUT2D eigenvalue weighted by Crippen LogP contribution is -2.50.